The van der Waals surface area contributed by atoms with E-state index >= 15 is 0 Å². The number of ether oxygens (including phenoxy) is 3. The smallest absolute Gasteiger partial charge is 0.161 e. The van der Waals surface area contributed by atoms with Crippen LogP contribution in [0.3, 0.4) is 0 Å². The SMILES string of the molecule is COc1cc(CNCCCOC(C)C)ccc1OCc1ccc(F)cc1Cl.Cl. The normalized spacial score (nSPS) is 10.6. The van der Waals surface area contributed by atoms with E-state index < -0.39 is 0 Å². The van der Waals surface area contributed by atoms with Crippen molar-refractivity contribution in [1.82, 2.24) is 5.32 Å². The molecule has 0 saturated carbocycles. The minimum atomic E-state index is -0.367. The van der Waals surface area contributed by atoms with E-state index in [0.717, 1.165) is 37.2 Å². The molecule has 2 rings (SSSR count). The lowest BCUT2D eigenvalue weighted by Crippen LogP contribution is -2.17. The highest BCUT2D eigenvalue weighted by Crippen LogP contribution is 2.29. The van der Waals surface area contributed by atoms with Crippen molar-refractivity contribution in [2.24, 2.45) is 0 Å². The number of halogens is 3. The zero-order valence-electron chi connectivity index (χ0n) is 16.5. The molecule has 0 spiro atoms. The summed E-state index contributed by atoms with van der Waals surface area (Å²) in [5.74, 6) is 0.900. The summed E-state index contributed by atoms with van der Waals surface area (Å²) in [4.78, 5) is 0. The van der Waals surface area contributed by atoms with Gasteiger partial charge in [-0.25, -0.2) is 4.39 Å². The molecule has 0 heterocycles. The van der Waals surface area contributed by atoms with Crippen molar-refractivity contribution in [1.29, 1.82) is 0 Å². The molecule has 1 N–H and O–H groups in total. The molecule has 0 saturated heterocycles. The molecule has 0 aliphatic carbocycles. The molecule has 0 fully saturated rings. The maximum atomic E-state index is 13.1. The lowest BCUT2D eigenvalue weighted by atomic mass is 10.2. The third kappa shape index (κ3) is 8.23. The van der Waals surface area contributed by atoms with Gasteiger partial charge in [-0.15, -0.1) is 12.4 Å². The van der Waals surface area contributed by atoms with Gasteiger partial charge in [-0.1, -0.05) is 23.7 Å². The quantitative estimate of drug-likeness (QED) is 0.483. The minimum absolute atomic E-state index is 0. The highest BCUT2D eigenvalue weighted by atomic mass is 35.5. The zero-order chi connectivity index (χ0) is 19.6. The minimum Gasteiger partial charge on any atom is -0.493 e. The van der Waals surface area contributed by atoms with E-state index in [1.807, 2.05) is 32.0 Å². The second kappa shape index (κ2) is 12.8. The van der Waals surface area contributed by atoms with E-state index in [-0.39, 0.29) is 30.9 Å². The molecule has 4 nitrogen and oxygen atoms in total. The monoisotopic (exact) mass is 431 g/mol. The van der Waals surface area contributed by atoms with Crippen molar-refractivity contribution < 1.29 is 18.6 Å². The van der Waals surface area contributed by atoms with Crippen LogP contribution in [0.1, 0.15) is 31.4 Å². The number of nitrogens with one attached hydrogen (secondary N) is 1. The molecule has 2 aromatic rings. The Morgan fingerprint density at radius 2 is 1.89 bits per heavy atom. The maximum Gasteiger partial charge on any atom is 0.161 e. The van der Waals surface area contributed by atoms with Gasteiger partial charge in [0.05, 0.1) is 18.2 Å². The number of hydrogen-bond donors (Lipinski definition) is 1. The van der Waals surface area contributed by atoms with Gasteiger partial charge in [0.25, 0.3) is 0 Å². The Morgan fingerprint density at radius 3 is 2.57 bits per heavy atom. The summed E-state index contributed by atoms with van der Waals surface area (Å²) in [6.07, 6.45) is 1.24. The average Bonchev–Trinajstić information content (AvgIpc) is 2.64. The van der Waals surface area contributed by atoms with Crippen LogP contribution in [-0.4, -0.2) is 26.4 Å². The van der Waals surface area contributed by atoms with E-state index in [0.29, 0.717) is 16.5 Å². The third-order valence-electron chi connectivity index (χ3n) is 3.90. The van der Waals surface area contributed by atoms with Crippen LogP contribution in [0.15, 0.2) is 36.4 Å². The van der Waals surface area contributed by atoms with Gasteiger partial charge < -0.3 is 19.5 Å². The summed E-state index contributed by atoms with van der Waals surface area (Å²) >= 11 is 6.04. The summed E-state index contributed by atoms with van der Waals surface area (Å²) < 4.78 is 29.9. The summed E-state index contributed by atoms with van der Waals surface area (Å²) in [5.41, 5.74) is 1.82. The molecule has 0 atom stereocenters. The van der Waals surface area contributed by atoms with Gasteiger partial charge >= 0.3 is 0 Å². The van der Waals surface area contributed by atoms with Gasteiger partial charge in [0.1, 0.15) is 12.4 Å². The average molecular weight is 432 g/mol. The van der Waals surface area contributed by atoms with Crippen LogP contribution in [0.25, 0.3) is 0 Å². The first-order valence-electron chi connectivity index (χ1n) is 9.05. The van der Waals surface area contributed by atoms with Crippen molar-refractivity contribution in [2.45, 2.75) is 39.5 Å². The molecular weight excluding hydrogens is 404 g/mol. The van der Waals surface area contributed by atoms with Gasteiger partial charge in [-0.2, -0.15) is 0 Å². The summed E-state index contributed by atoms with van der Waals surface area (Å²) in [6, 6.07) is 10.1. The Balaban J connectivity index is 0.00000392. The Kier molecular flexibility index (Phi) is 11.2. The summed E-state index contributed by atoms with van der Waals surface area (Å²) in [5, 5.41) is 3.73. The summed E-state index contributed by atoms with van der Waals surface area (Å²) in [6.45, 7) is 6.69. The van der Waals surface area contributed by atoms with Crippen molar-refractivity contribution in [2.75, 3.05) is 20.3 Å². The van der Waals surface area contributed by atoms with Crippen molar-refractivity contribution in [3.63, 3.8) is 0 Å². The number of hydrogen-bond acceptors (Lipinski definition) is 4. The Hall–Kier alpha value is -1.53. The van der Waals surface area contributed by atoms with E-state index in [1.54, 1.807) is 13.2 Å². The fourth-order valence-corrected chi connectivity index (χ4v) is 2.71. The molecule has 0 radical (unpaired) electrons. The molecule has 0 amide bonds. The van der Waals surface area contributed by atoms with Gasteiger partial charge in [0.2, 0.25) is 0 Å². The topological polar surface area (TPSA) is 39.7 Å². The van der Waals surface area contributed by atoms with Gasteiger partial charge in [-0.05, 0) is 56.6 Å². The molecule has 0 aliphatic heterocycles. The molecule has 0 aromatic heterocycles. The standard InChI is InChI=1S/C21H27ClFNO3.ClH/c1-15(2)26-10-4-9-24-13-16-5-8-20(21(11-16)25-3)27-14-17-6-7-18(23)12-19(17)22;/h5-8,11-12,15,24H,4,9-10,13-14H2,1-3H3;1H. The van der Waals surface area contributed by atoms with E-state index in [1.165, 1.54) is 12.1 Å². The fourth-order valence-electron chi connectivity index (χ4n) is 2.48. The van der Waals surface area contributed by atoms with Crippen molar-refractivity contribution >= 4 is 24.0 Å². The highest BCUT2D eigenvalue weighted by molar-refractivity contribution is 6.31. The largest absolute Gasteiger partial charge is 0.493 e. The predicted molar refractivity (Wildman–Crippen MR) is 113 cm³/mol. The molecule has 28 heavy (non-hydrogen) atoms. The second-order valence-electron chi connectivity index (χ2n) is 6.46. The molecule has 0 unspecified atom stereocenters. The van der Waals surface area contributed by atoms with E-state index in [2.05, 4.69) is 5.32 Å². The van der Waals surface area contributed by atoms with Crippen molar-refractivity contribution in [3.05, 3.63) is 58.4 Å². The Bertz CT molecular complexity index is 729. The lowest BCUT2D eigenvalue weighted by molar-refractivity contribution is 0.0770. The van der Waals surface area contributed by atoms with E-state index in [4.69, 9.17) is 25.8 Å². The predicted octanol–water partition coefficient (Wildman–Crippen LogP) is 5.39. The maximum absolute atomic E-state index is 13.1. The third-order valence-corrected chi connectivity index (χ3v) is 4.26. The van der Waals surface area contributed by atoms with Gasteiger partial charge in [-0.3, -0.25) is 0 Å². The molecular formula is C21H28Cl2FNO3. The van der Waals surface area contributed by atoms with Gasteiger partial charge in [0, 0.05) is 18.7 Å². The highest BCUT2D eigenvalue weighted by Gasteiger charge is 2.08. The van der Waals surface area contributed by atoms with Gasteiger partial charge in [0.15, 0.2) is 11.5 Å². The first-order valence-corrected chi connectivity index (χ1v) is 9.43. The molecule has 0 bridgehead atoms. The van der Waals surface area contributed by atoms with Crippen LogP contribution in [0.4, 0.5) is 4.39 Å². The first-order chi connectivity index (χ1) is 13.0. The molecule has 7 heteroatoms. The Morgan fingerprint density at radius 1 is 1.11 bits per heavy atom. The first kappa shape index (κ1) is 24.5. The zero-order valence-corrected chi connectivity index (χ0v) is 18.0. The van der Waals surface area contributed by atoms with Crippen LogP contribution in [-0.2, 0) is 17.9 Å². The van der Waals surface area contributed by atoms with Crippen molar-refractivity contribution in [3.8, 4) is 11.5 Å². The fraction of sp³-hybridized carbons (Fsp3) is 0.429. The number of methoxy groups -OCH3 is 1. The van der Waals surface area contributed by atoms with Crippen LogP contribution in [0.2, 0.25) is 5.02 Å². The van der Waals surface area contributed by atoms with Crippen LogP contribution in [0.5, 0.6) is 11.5 Å². The lowest BCUT2D eigenvalue weighted by Gasteiger charge is -2.13. The molecule has 0 aliphatic rings. The number of benzene rings is 2. The van der Waals surface area contributed by atoms with E-state index in [9.17, 15) is 4.39 Å². The van der Waals surface area contributed by atoms with Crippen LogP contribution < -0.4 is 14.8 Å². The Labute approximate surface area is 177 Å². The van der Waals surface area contributed by atoms with Crippen LogP contribution in [0, 0.1) is 5.82 Å². The summed E-state index contributed by atoms with van der Waals surface area (Å²) in [7, 11) is 1.60. The molecule has 2 aromatic carbocycles. The van der Waals surface area contributed by atoms with Crippen LogP contribution >= 0.6 is 24.0 Å². The second-order valence-corrected chi connectivity index (χ2v) is 6.87. The molecule has 156 valence electrons. The number of rotatable bonds is 11.